The molecule has 0 saturated carbocycles. The van der Waals surface area contributed by atoms with E-state index in [1.54, 1.807) is 0 Å². The van der Waals surface area contributed by atoms with Gasteiger partial charge in [-0.2, -0.15) is 0 Å². The van der Waals surface area contributed by atoms with E-state index >= 15 is 0 Å². The van der Waals surface area contributed by atoms with E-state index in [-0.39, 0.29) is 0 Å². The third kappa shape index (κ3) is 2.94. The smallest absolute Gasteiger partial charge is 0.0700 e. The van der Waals surface area contributed by atoms with Gasteiger partial charge in [-0.15, -0.1) is 0 Å². The number of likely N-dealkylation sites (N-methyl/N-ethyl adjacent to an activating group) is 1. The number of ether oxygens (including phenoxy) is 1. The zero-order chi connectivity index (χ0) is 10.6. The fourth-order valence-corrected chi connectivity index (χ4v) is 1.92. The lowest BCUT2D eigenvalue weighted by Gasteiger charge is -2.38. The topological polar surface area (TPSA) is 24.5 Å². The second-order valence-corrected chi connectivity index (χ2v) is 4.21. The third-order valence-corrected chi connectivity index (χ3v) is 3.38. The Morgan fingerprint density at radius 1 is 1.50 bits per heavy atom. The van der Waals surface area contributed by atoms with Gasteiger partial charge in [0.25, 0.3) is 0 Å². The van der Waals surface area contributed by atoms with Crippen LogP contribution in [-0.4, -0.2) is 49.8 Å². The van der Waals surface area contributed by atoms with Gasteiger partial charge in [-0.25, -0.2) is 0 Å². The number of hydrogen-bond acceptors (Lipinski definition) is 3. The average molecular weight is 200 g/mol. The summed E-state index contributed by atoms with van der Waals surface area (Å²) >= 11 is 0. The van der Waals surface area contributed by atoms with E-state index in [2.05, 4.69) is 31.0 Å². The van der Waals surface area contributed by atoms with Crippen LogP contribution in [0.4, 0.5) is 0 Å². The van der Waals surface area contributed by atoms with Gasteiger partial charge in [0.15, 0.2) is 0 Å². The van der Waals surface area contributed by atoms with Crippen molar-refractivity contribution in [1.82, 2.24) is 10.2 Å². The molecule has 1 heterocycles. The molecule has 1 aliphatic heterocycles. The highest BCUT2D eigenvalue weighted by Gasteiger charge is 2.25. The van der Waals surface area contributed by atoms with Gasteiger partial charge in [0.2, 0.25) is 0 Å². The van der Waals surface area contributed by atoms with Crippen molar-refractivity contribution < 1.29 is 4.74 Å². The maximum Gasteiger partial charge on any atom is 0.0700 e. The van der Waals surface area contributed by atoms with Crippen LogP contribution in [0.1, 0.15) is 27.2 Å². The summed E-state index contributed by atoms with van der Waals surface area (Å²) in [5.74, 6) is 0. The molecule has 84 valence electrons. The zero-order valence-electron chi connectivity index (χ0n) is 9.92. The zero-order valence-corrected chi connectivity index (χ0v) is 9.92. The van der Waals surface area contributed by atoms with Gasteiger partial charge in [0.1, 0.15) is 0 Å². The first kappa shape index (κ1) is 12.0. The molecule has 0 radical (unpaired) electrons. The van der Waals surface area contributed by atoms with Crippen LogP contribution in [-0.2, 0) is 4.74 Å². The summed E-state index contributed by atoms with van der Waals surface area (Å²) in [7, 11) is 2.03. The molecular weight excluding hydrogens is 176 g/mol. The van der Waals surface area contributed by atoms with E-state index in [9.17, 15) is 0 Å². The maximum atomic E-state index is 5.66. The summed E-state index contributed by atoms with van der Waals surface area (Å²) in [6.07, 6.45) is 1.56. The van der Waals surface area contributed by atoms with Crippen LogP contribution in [0, 0.1) is 0 Å². The van der Waals surface area contributed by atoms with E-state index in [0.29, 0.717) is 18.2 Å². The molecule has 0 amide bonds. The molecule has 0 bridgehead atoms. The highest BCUT2D eigenvalue weighted by molar-refractivity contribution is 4.80. The second-order valence-electron chi connectivity index (χ2n) is 4.21. The van der Waals surface area contributed by atoms with Gasteiger partial charge in [0.05, 0.1) is 12.7 Å². The minimum Gasteiger partial charge on any atom is -0.376 e. The van der Waals surface area contributed by atoms with Gasteiger partial charge < -0.3 is 10.1 Å². The van der Waals surface area contributed by atoms with Crippen LogP contribution in [0.2, 0.25) is 0 Å². The van der Waals surface area contributed by atoms with Crippen molar-refractivity contribution in [2.45, 2.75) is 45.4 Å². The lowest BCUT2D eigenvalue weighted by Crippen LogP contribution is -2.52. The summed E-state index contributed by atoms with van der Waals surface area (Å²) in [5, 5.41) is 3.31. The molecule has 0 aromatic rings. The minimum atomic E-state index is 0.440. The molecule has 0 aromatic heterocycles. The molecule has 1 N–H and O–H groups in total. The largest absolute Gasteiger partial charge is 0.376 e. The molecule has 3 atom stereocenters. The normalized spacial score (nSPS) is 28.7. The van der Waals surface area contributed by atoms with Gasteiger partial charge in [0, 0.05) is 25.2 Å². The Balaban J connectivity index is 2.42. The van der Waals surface area contributed by atoms with Crippen LogP contribution < -0.4 is 5.32 Å². The highest BCUT2D eigenvalue weighted by Crippen LogP contribution is 2.13. The Hall–Kier alpha value is -0.120. The molecule has 14 heavy (non-hydrogen) atoms. The number of hydrogen-bond donors (Lipinski definition) is 1. The Bertz CT molecular complexity index is 161. The monoisotopic (exact) mass is 200 g/mol. The van der Waals surface area contributed by atoms with Crippen molar-refractivity contribution in [1.29, 1.82) is 0 Å². The van der Waals surface area contributed by atoms with E-state index < -0.39 is 0 Å². The first-order valence-electron chi connectivity index (χ1n) is 5.72. The molecule has 1 saturated heterocycles. The van der Waals surface area contributed by atoms with Crippen molar-refractivity contribution in [2.75, 3.05) is 26.7 Å². The molecule has 3 nitrogen and oxygen atoms in total. The molecule has 1 fully saturated rings. The standard InChI is InChI=1S/C11H24N2O/c1-5-11-8-13(6-7-14-11)10(3)9(2)12-4/h9-12H,5-8H2,1-4H3. The quantitative estimate of drug-likeness (QED) is 0.735. The number of rotatable bonds is 4. The summed E-state index contributed by atoms with van der Waals surface area (Å²) < 4.78 is 5.66. The first-order chi connectivity index (χ1) is 6.69. The van der Waals surface area contributed by atoms with E-state index in [1.165, 1.54) is 0 Å². The van der Waals surface area contributed by atoms with Crippen molar-refractivity contribution in [2.24, 2.45) is 0 Å². The Labute approximate surface area is 87.8 Å². The molecule has 3 unspecified atom stereocenters. The Kier molecular flexibility index (Phi) is 4.85. The van der Waals surface area contributed by atoms with Gasteiger partial charge in [-0.05, 0) is 27.3 Å². The Morgan fingerprint density at radius 3 is 2.79 bits per heavy atom. The van der Waals surface area contributed by atoms with Crippen molar-refractivity contribution >= 4 is 0 Å². The minimum absolute atomic E-state index is 0.440. The van der Waals surface area contributed by atoms with Crippen LogP contribution in [0.25, 0.3) is 0 Å². The fraction of sp³-hybridized carbons (Fsp3) is 1.00. The average Bonchev–Trinajstić information content (AvgIpc) is 2.27. The molecule has 1 rings (SSSR count). The third-order valence-electron chi connectivity index (χ3n) is 3.38. The highest BCUT2D eigenvalue weighted by atomic mass is 16.5. The second kappa shape index (κ2) is 5.69. The molecule has 0 aliphatic carbocycles. The summed E-state index contributed by atoms with van der Waals surface area (Å²) in [6, 6.07) is 1.14. The number of nitrogens with zero attached hydrogens (tertiary/aromatic N) is 1. The van der Waals surface area contributed by atoms with Gasteiger partial charge in [-0.3, -0.25) is 4.90 Å². The van der Waals surface area contributed by atoms with Crippen LogP contribution in [0.5, 0.6) is 0 Å². The predicted octanol–water partition coefficient (Wildman–Crippen LogP) is 1.09. The van der Waals surface area contributed by atoms with Crippen molar-refractivity contribution in [3.8, 4) is 0 Å². The molecule has 0 aromatic carbocycles. The predicted molar refractivity (Wildman–Crippen MR) is 59.6 cm³/mol. The molecule has 1 aliphatic rings. The number of morpholine rings is 1. The molecule has 3 heteroatoms. The summed E-state index contributed by atoms with van der Waals surface area (Å²) in [5.41, 5.74) is 0. The van der Waals surface area contributed by atoms with Crippen molar-refractivity contribution in [3.63, 3.8) is 0 Å². The van der Waals surface area contributed by atoms with Crippen LogP contribution in [0.15, 0.2) is 0 Å². The van der Waals surface area contributed by atoms with Gasteiger partial charge >= 0.3 is 0 Å². The van der Waals surface area contributed by atoms with E-state index in [1.807, 2.05) is 7.05 Å². The van der Waals surface area contributed by atoms with Gasteiger partial charge in [-0.1, -0.05) is 6.92 Å². The van der Waals surface area contributed by atoms with Crippen LogP contribution in [0.3, 0.4) is 0 Å². The summed E-state index contributed by atoms with van der Waals surface area (Å²) in [4.78, 5) is 2.53. The molecular formula is C11H24N2O. The van der Waals surface area contributed by atoms with E-state index in [0.717, 1.165) is 26.1 Å². The lowest BCUT2D eigenvalue weighted by molar-refractivity contribution is -0.0456. The van der Waals surface area contributed by atoms with Crippen LogP contribution >= 0.6 is 0 Å². The SMILES string of the molecule is CCC1CN(C(C)C(C)NC)CCO1. The summed E-state index contributed by atoms with van der Waals surface area (Å²) in [6.45, 7) is 9.77. The fourth-order valence-electron chi connectivity index (χ4n) is 1.92. The number of nitrogens with one attached hydrogen (secondary N) is 1. The molecule has 0 spiro atoms. The van der Waals surface area contributed by atoms with E-state index in [4.69, 9.17) is 4.74 Å². The first-order valence-corrected chi connectivity index (χ1v) is 5.72. The lowest BCUT2D eigenvalue weighted by atomic mass is 10.1. The maximum absolute atomic E-state index is 5.66. The Morgan fingerprint density at radius 2 is 2.21 bits per heavy atom. The van der Waals surface area contributed by atoms with Crippen molar-refractivity contribution in [3.05, 3.63) is 0 Å².